The Morgan fingerprint density at radius 2 is 2.04 bits per heavy atom. The molecule has 24 heavy (non-hydrogen) atoms. The molecule has 3 N–H and O–H groups in total. The SMILES string of the molecule is CSc1ccccc1NC(=NCCN)N1CCCC2CCCCC21. The van der Waals surface area contributed by atoms with Crippen LogP contribution < -0.4 is 11.1 Å². The molecule has 0 radical (unpaired) electrons. The fourth-order valence-corrected chi connectivity index (χ4v) is 4.68. The van der Waals surface area contributed by atoms with Crippen molar-refractivity contribution in [1.82, 2.24) is 4.90 Å². The van der Waals surface area contributed by atoms with Gasteiger partial charge in [-0.25, -0.2) is 0 Å². The first-order valence-corrected chi connectivity index (χ1v) is 10.5. The summed E-state index contributed by atoms with van der Waals surface area (Å²) in [7, 11) is 0. The minimum Gasteiger partial charge on any atom is -0.339 e. The number of para-hydroxylation sites is 1. The predicted molar refractivity (Wildman–Crippen MR) is 105 cm³/mol. The molecule has 1 aliphatic carbocycles. The predicted octanol–water partition coefficient (Wildman–Crippen LogP) is 3.79. The minimum atomic E-state index is 0.595. The molecule has 132 valence electrons. The average molecular weight is 347 g/mol. The number of likely N-dealkylation sites (tertiary alicyclic amines) is 1. The molecule has 0 spiro atoms. The third kappa shape index (κ3) is 4.06. The molecule has 0 amide bonds. The quantitative estimate of drug-likeness (QED) is 0.495. The second kappa shape index (κ2) is 8.77. The van der Waals surface area contributed by atoms with E-state index < -0.39 is 0 Å². The van der Waals surface area contributed by atoms with Gasteiger partial charge >= 0.3 is 0 Å². The van der Waals surface area contributed by atoms with E-state index >= 15 is 0 Å². The van der Waals surface area contributed by atoms with Gasteiger partial charge in [0.2, 0.25) is 0 Å². The van der Waals surface area contributed by atoms with Crippen LogP contribution in [0, 0.1) is 5.92 Å². The van der Waals surface area contributed by atoms with Gasteiger partial charge in [-0.15, -0.1) is 11.8 Å². The lowest BCUT2D eigenvalue weighted by molar-refractivity contribution is 0.119. The zero-order chi connectivity index (χ0) is 16.8. The van der Waals surface area contributed by atoms with Crippen molar-refractivity contribution in [3.05, 3.63) is 24.3 Å². The molecule has 2 fully saturated rings. The van der Waals surface area contributed by atoms with Crippen LogP contribution in [0.3, 0.4) is 0 Å². The first-order chi connectivity index (χ1) is 11.8. The molecule has 0 aromatic heterocycles. The van der Waals surface area contributed by atoms with Crippen molar-refractivity contribution in [2.75, 3.05) is 31.2 Å². The Hall–Kier alpha value is -1.20. The zero-order valence-electron chi connectivity index (χ0n) is 14.7. The number of guanidine groups is 1. The van der Waals surface area contributed by atoms with E-state index in [2.05, 4.69) is 40.7 Å². The smallest absolute Gasteiger partial charge is 0.198 e. The van der Waals surface area contributed by atoms with Crippen LogP contribution in [-0.4, -0.2) is 42.8 Å². The van der Waals surface area contributed by atoms with Crippen molar-refractivity contribution in [3.8, 4) is 0 Å². The first kappa shape index (κ1) is 17.6. The fraction of sp³-hybridized carbons (Fsp3) is 0.632. The highest BCUT2D eigenvalue weighted by Crippen LogP contribution is 2.36. The summed E-state index contributed by atoms with van der Waals surface area (Å²) in [6.45, 7) is 2.38. The van der Waals surface area contributed by atoms with Gasteiger partial charge in [-0.3, -0.25) is 4.99 Å². The minimum absolute atomic E-state index is 0.595. The van der Waals surface area contributed by atoms with Gasteiger partial charge in [0, 0.05) is 24.0 Å². The maximum absolute atomic E-state index is 5.73. The van der Waals surface area contributed by atoms with E-state index in [0.717, 1.165) is 24.1 Å². The molecule has 3 rings (SSSR count). The van der Waals surface area contributed by atoms with Crippen molar-refractivity contribution >= 4 is 23.4 Å². The number of aliphatic imine (C=N–C) groups is 1. The summed E-state index contributed by atoms with van der Waals surface area (Å²) >= 11 is 1.77. The molecule has 1 aromatic carbocycles. The number of nitrogens with zero attached hydrogens (tertiary/aromatic N) is 2. The Kier molecular flexibility index (Phi) is 6.44. The lowest BCUT2D eigenvalue weighted by Gasteiger charge is -2.45. The Bertz CT molecular complexity index is 558. The monoisotopic (exact) mass is 346 g/mol. The van der Waals surface area contributed by atoms with Gasteiger partial charge in [-0.1, -0.05) is 25.0 Å². The number of thioether (sulfide) groups is 1. The number of piperidine rings is 1. The lowest BCUT2D eigenvalue weighted by atomic mass is 9.78. The van der Waals surface area contributed by atoms with Gasteiger partial charge in [0.05, 0.1) is 12.2 Å². The van der Waals surface area contributed by atoms with Gasteiger partial charge in [-0.05, 0) is 50.0 Å². The normalized spacial score (nSPS) is 24.6. The highest BCUT2D eigenvalue weighted by molar-refractivity contribution is 7.98. The number of anilines is 1. The molecule has 0 bridgehead atoms. The van der Waals surface area contributed by atoms with Crippen molar-refractivity contribution in [2.24, 2.45) is 16.6 Å². The number of nitrogens with two attached hydrogens (primary N) is 1. The summed E-state index contributed by atoms with van der Waals surface area (Å²) in [5, 5.41) is 3.64. The third-order valence-corrected chi connectivity index (χ3v) is 6.06. The van der Waals surface area contributed by atoms with E-state index in [-0.39, 0.29) is 0 Å². The summed E-state index contributed by atoms with van der Waals surface area (Å²) in [4.78, 5) is 8.63. The number of hydrogen-bond acceptors (Lipinski definition) is 3. The summed E-state index contributed by atoms with van der Waals surface area (Å²) in [5.41, 5.74) is 6.88. The first-order valence-electron chi connectivity index (χ1n) is 9.24. The third-order valence-electron chi connectivity index (χ3n) is 5.26. The average Bonchev–Trinajstić information content (AvgIpc) is 2.65. The van der Waals surface area contributed by atoms with Crippen LogP contribution in [0.1, 0.15) is 38.5 Å². The van der Waals surface area contributed by atoms with Crippen LogP contribution in [-0.2, 0) is 0 Å². The van der Waals surface area contributed by atoms with Crippen molar-refractivity contribution in [2.45, 2.75) is 49.5 Å². The van der Waals surface area contributed by atoms with E-state index in [1.54, 1.807) is 11.8 Å². The molecule has 2 aliphatic rings. The second-order valence-electron chi connectivity index (χ2n) is 6.77. The summed E-state index contributed by atoms with van der Waals surface area (Å²) in [5.74, 6) is 1.87. The lowest BCUT2D eigenvalue weighted by Crippen LogP contribution is -2.52. The van der Waals surface area contributed by atoms with Crippen LogP contribution >= 0.6 is 11.8 Å². The van der Waals surface area contributed by atoms with Crippen molar-refractivity contribution < 1.29 is 0 Å². The van der Waals surface area contributed by atoms with E-state index in [0.29, 0.717) is 19.1 Å². The molecule has 1 saturated carbocycles. The van der Waals surface area contributed by atoms with Crippen LogP contribution in [0.15, 0.2) is 34.2 Å². The second-order valence-corrected chi connectivity index (χ2v) is 7.61. The number of rotatable bonds is 4. The zero-order valence-corrected chi connectivity index (χ0v) is 15.5. The maximum Gasteiger partial charge on any atom is 0.198 e. The van der Waals surface area contributed by atoms with Crippen molar-refractivity contribution in [1.29, 1.82) is 0 Å². The van der Waals surface area contributed by atoms with Gasteiger partial charge in [-0.2, -0.15) is 0 Å². The van der Waals surface area contributed by atoms with Crippen molar-refractivity contribution in [3.63, 3.8) is 0 Å². The molecule has 2 atom stereocenters. The Balaban J connectivity index is 1.83. The molecular weight excluding hydrogens is 316 g/mol. The van der Waals surface area contributed by atoms with Gasteiger partial charge in [0.25, 0.3) is 0 Å². The standard InChI is InChI=1S/C19H30N4S/c1-24-18-11-5-3-9-16(18)22-19(21-13-12-20)23-14-6-8-15-7-2-4-10-17(15)23/h3,5,9,11,15,17H,2,4,6-8,10,12-14,20H2,1H3,(H,21,22). The largest absolute Gasteiger partial charge is 0.339 e. The molecule has 4 nitrogen and oxygen atoms in total. The molecule has 1 heterocycles. The maximum atomic E-state index is 5.73. The number of fused-ring (bicyclic) bond motifs is 1. The molecule has 1 aromatic rings. The highest BCUT2D eigenvalue weighted by Gasteiger charge is 2.34. The number of hydrogen-bond donors (Lipinski definition) is 2. The Morgan fingerprint density at radius 1 is 1.25 bits per heavy atom. The fourth-order valence-electron chi connectivity index (χ4n) is 4.13. The van der Waals surface area contributed by atoms with E-state index in [1.165, 1.54) is 43.4 Å². The van der Waals surface area contributed by atoms with E-state index in [9.17, 15) is 0 Å². The van der Waals surface area contributed by atoms with E-state index in [1.807, 2.05) is 0 Å². The van der Waals surface area contributed by atoms with Crippen LogP contribution in [0.4, 0.5) is 5.69 Å². The summed E-state index contributed by atoms with van der Waals surface area (Å²) in [6, 6.07) is 9.13. The molecular formula is C19H30N4S. The van der Waals surface area contributed by atoms with Gasteiger partial charge < -0.3 is 16.0 Å². The molecule has 2 unspecified atom stereocenters. The molecule has 1 saturated heterocycles. The van der Waals surface area contributed by atoms with Crippen LogP contribution in [0.5, 0.6) is 0 Å². The molecule has 5 heteroatoms. The van der Waals surface area contributed by atoms with E-state index in [4.69, 9.17) is 10.7 Å². The molecule has 1 aliphatic heterocycles. The highest BCUT2D eigenvalue weighted by atomic mass is 32.2. The summed E-state index contributed by atoms with van der Waals surface area (Å²) < 4.78 is 0. The summed E-state index contributed by atoms with van der Waals surface area (Å²) in [6.07, 6.45) is 10.2. The Morgan fingerprint density at radius 3 is 2.88 bits per heavy atom. The number of nitrogens with one attached hydrogen (secondary N) is 1. The van der Waals surface area contributed by atoms with Gasteiger partial charge in [0.15, 0.2) is 5.96 Å². The van der Waals surface area contributed by atoms with Gasteiger partial charge in [0.1, 0.15) is 0 Å². The Labute approximate surface area is 150 Å². The van der Waals surface area contributed by atoms with Crippen LogP contribution in [0.2, 0.25) is 0 Å². The topological polar surface area (TPSA) is 53.6 Å². The number of benzene rings is 1. The van der Waals surface area contributed by atoms with Crippen LogP contribution in [0.25, 0.3) is 0 Å².